The highest BCUT2D eigenvalue weighted by Gasteiger charge is 2.65. The smallest absolute Gasteiger partial charge is 0.347 e. The lowest BCUT2D eigenvalue weighted by atomic mass is 10.0. The number of pyridine rings is 1. The molecule has 1 atom stereocenters. The lowest BCUT2D eigenvalue weighted by Gasteiger charge is -2.18. The van der Waals surface area contributed by atoms with Gasteiger partial charge in [-0.25, -0.2) is 4.98 Å². The molecule has 9 heteroatoms. The Labute approximate surface area is 151 Å². The number of carbonyl (C=O) groups excluding carboxylic acids is 1. The van der Waals surface area contributed by atoms with Crippen LogP contribution in [0.4, 0.5) is 13.2 Å². The summed E-state index contributed by atoms with van der Waals surface area (Å²) in [7, 11) is 0. The lowest BCUT2D eigenvalue weighted by Crippen LogP contribution is -2.30. The average molecular weight is 390 g/mol. The van der Waals surface area contributed by atoms with Crippen LogP contribution in [0.2, 0.25) is 4.34 Å². The molecular formula is C16H15ClF3N3OS. The van der Waals surface area contributed by atoms with Crippen LogP contribution < -0.4 is 5.32 Å². The van der Waals surface area contributed by atoms with E-state index in [9.17, 15) is 18.0 Å². The fourth-order valence-electron chi connectivity index (χ4n) is 2.63. The third kappa shape index (κ3) is 3.79. The lowest BCUT2D eigenvalue weighted by molar-refractivity contribution is -0.161. The van der Waals surface area contributed by atoms with Gasteiger partial charge in [-0.1, -0.05) is 17.7 Å². The molecule has 4 nitrogen and oxygen atoms in total. The summed E-state index contributed by atoms with van der Waals surface area (Å²) < 4.78 is 39.8. The number of rotatable bonds is 5. The van der Waals surface area contributed by atoms with Gasteiger partial charge in [0.1, 0.15) is 14.8 Å². The summed E-state index contributed by atoms with van der Waals surface area (Å²) in [6.45, 7) is 1.79. The second kappa shape index (κ2) is 6.57. The molecule has 1 unspecified atom stereocenters. The molecule has 0 saturated heterocycles. The van der Waals surface area contributed by atoms with Crippen molar-refractivity contribution in [1.82, 2.24) is 15.3 Å². The third-order valence-electron chi connectivity index (χ3n) is 4.22. The Balaban J connectivity index is 1.61. The number of hydrogen-bond acceptors (Lipinski definition) is 4. The van der Waals surface area contributed by atoms with Crippen LogP contribution in [-0.2, 0) is 16.6 Å². The quantitative estimate of drug-likeness (QED) is 0.833. The summed E-state index contributed by atoms with van der Waals surface area (Å²) in [5, 5.41) is 3.47. The van der Waals surface area contributed by atoms with Crippen molar-refractivity contribution in [3.05, 3.63) is 45.1 Å². The molecule has 1 amide bonds. The van der Waals surface area contributed by atoms with Gasteiger partial charge in [-0.15, -0.1) is 11.3 Å². The zero-order valence-corrected chi connectivity index (χ0v) is 14.8. The second-order valence-electron chi connectivity index (χ2n) is 6.10. The molecule has 0 spiro atoms. The molecule has 25 heavy (non-hydrogen) atoms. The number of aromatic nitrogens is 2. The van der Waals surface area contributed by atoms with Crippen LogP contribution in [0.5, 0.6) is 0 Å². The molecular weight excluding hydrogens is 375 g/mol. The first-order valence-corrected chi connectivity index (χ1v) is 8.83. The molecule has 2 aromatic rings. The molecule has 134 valence electrons. The SMILES string of the molecule is CC(NC(=O)Cc1ccc(C2(C(F)(F)F)CC2)nc1)c1ncc(Cl)s1. The zero-order chi connectivity index (χ0) is 18.2. The van der Waals surface area contributed by atoms with Crippen molar-refractivity contribution >= 4 is 28.8 Å². The first-order chi connectivity index (χ1) is 11.7. The summed E-state index contributed by atoms with van der Waals surface area (Å²) >= 11 is 7.09. The molecule has 2 aromatic heterocycles. The zero-order valence-electron chi connectivity index (χ0n) is 13.2. The minimum atomic E-state index is -4.29. The van der Waals surface area contributed by atoms with Gasteiger partial charge in [-0.3, -0.25) is 9.78 Å². The van der Waals surface area contributed by atoms with Gasteiger partial charge in [-0.2, -0.15) is 13.2 Å². The van der Waals surface area contributed by atoms with Crippen molar-refractivity contribution in [2.45, 2.75) is 43.8 Å². The van der Waals surface area contributed by atoms with Crippen molar-refractivity contribution in [2.75, 3.05) is 0 Å². The van der Waals surface area contributed by atoms with E-state index in [1.165, 1.54) is 35.9 Å². The van der Waals surface area contributed by atoms with Gasteiger partial charge >= 0.3 is 6.18 Å². The van der Waals surface area contributed by atoms with Gasteiger partial charge in [0.15, 0.2) is 0 Å². The predicted molar refractivity (Wildman–Crippen MR) is 88.6 cm³/mol. The predicted octanol–water partition coefficient (Wildman–Crippen LogP) is 4.21. The van der Waals surface area contributed by atoms with Gasteiger partial charge in [0.2, 0.25) is 5.91 Å². The van der Waals surface area contributed by atoms with Crippen LogP contribution in [0, 0.1) is 0 Å². The van der Waals surface area contributed by atoms with E-state index in [1.807, 2.05) is 0 Å². The van der Waals surface area contributed by atoms with Crippen LogP contribution in [-0.4, -0.2) is 22.1 Å². The maximum Gasteiger partial charge on any atom is 0.399 e. The number of amides is 1. The Morgan fingerprint density at radius 1 is 1.36 bits per heavy atom. The molecule has 1 aliphatic rings. The Hall–Kier alpha value is -1.67. The van der Waals surface area contributed by atoms with E-state index in [1.54, 1.807) is 6.92 Å². The Morgan fingerprint density at radius 2 is 2.08 bits per heavy atom. The van der Waals surface area contributed by atoms with Crippen molar-refractivity contribution < 1.29 is 18.0 Å². The van der Waals surface area contributed by atoms with E-state index in [0.717, 1.165) is 0 Å². The number of carbonyl (C=O) groups is 1. The minimum absolute atomic E-state index is 0.0231. The molecule has 0 aromatic carbocycles. The molecule has 0 radical (unpaired) electrons. The molecule has 1 N–H and O–H groups in total. The number of halogens is 4. The largest absolute Gasteiger partial charge is 0.399 e. The Kier molecular flexibility index (Phi) is 4.76. The fraction of sp³-hybridized carbons (Fsp3) is 0.438. The van der Waals surface area contributed by atoms with Crippen molar-refractivity contribution in [1.29, 1.82) is 0 Å². The van der Waals surface area contributed by atoms with Crippen LogP contribution >= 0.6 is 22.9 Å². The van der Waals surface area contributed by atoms with Crippen LogP contribution in [0.25, 0.3) is 0 Å². The number of hydrogen-bond donors (Lipinski definition) is 1. The molecule has 3 rings (SSSR count). The van der Waals surface area contributed by atoms with Gasteiger partial charge < -0.3 is 5.32 Å². The fourth-order valence-corrected chi connectivity index (χ4v) is 3.56. The van der Waals surface area contributed by atoms with E-state index >= 15 is 0 Å². The Bertz CT molecular complexity index is 772. The van der Waals surface area contributed by atoms with Gasteiger partial charge in [-0.05, 0) is 31.4 Å². The molecule has 0 aliphatic heterocycles. The molecule has 1 saturated carbocycles. The minimum Gasteiger partial charge on any atom is -0.347 e. The van der Waals surface area contributed by atoms with E-state index in [-0.39, 0.29) is 36.9 Å². The highest BCUT2D eigenvalue weighted by atomic mass is 35.5. The highest BCUT2D eigenvalue weighted by Crippen LogP contribution is 2.58. The maximum absolute atomic E-state index is 13.1. The first kappa shape index (κ1) is 18.1. The van der Waals surface area contributed by atoms with Gasteiger partial charge in [0, 0.05) is 6.20 Å². The van der Waals surface area contributed by atoms with E-state index < -0.39 is 11.6 Å². The van der Waals surface area contributed by atoms with E-state index in [4.69, 9.17) is 11.6 Å². The van der Waals surface area contributed by atoms with Crippen molar-refractivity contribution in [2.24, 2.45) is 0 Å². The number of nitrogens with zero attached hydrogens (tertiary/aromatic N) is 2. The van der Waals surface area contributed by atoms with Crippen LogP contribution in [0.15, 0.2) is 24.5 Å². The summed E-state index contributed by atoms with van der Waals surface area (Å²) in [5.74, 6) is -0.259. The maximum atomic E-state index is 13.1. The number of nitrogens with one attached hydrogen (secondary N) is 1. The van der Waals surface area contributed by atoms with Crippen molar-refractivity contribution in [3.8, 4) is 0 Å². The van der Waals surface area contributed by atoms with Gasteiger partial charge in [0.25, 0.3) is 0 Å². The van der Waals surface area contributed by atoms with Crippen molar-refractivity contribution in [3.63, 3.8) is 0 Å². The number of thiazole rings is 1. The summed E-state index contributed by atoms with van der Waals surface area (Å²) in [4.78, 5) is 20.1. The molecule has 0 bridgehead atoms. The van der Waals surface area contributed by atoms with Crippen LogP contribution in [0.3, 0.4) is 0 Å². The molecule has 2 heterocycles. The van der Waals surface area contributed by atoms with Gasteiger partial charge in [0.05, 0.1) is 24.4 Å². The summed E-state index contributed by atoms with van der Waals surface area (Å²) in [5.41, 5.74) is -1.22. The highest BCUT2D eigenvalue weighted by molar-refractivity contribution is 7.15. The topological polar surface area (TPSA) is 54.9 Å². The third-order valence-corrected chi connectivity index (χ3v) is 5.51. The summed E-state index contributed by atoms with van der Waals surface area (Å²) in [6.07, 6.45) is -1.26. The normalized spacial score (nSPS) is 17.2. The number of alkyl halides is 3. The first-order valence-electron chi connectivity index (χ1n) is 7.64. The Morgan fingerprint density at radius 3 is 2.56 bits per heavy atom. The average Bonchev–Trinajstić information content (AvgIpc) is 3.24. The van der Waals surface area contributed by atoms with E-state index in [0.29, 0.717) is 14.9 Å². The molecule has 1 aliphatic carbocycles. The molecule has 1 fully saturated rings. The second-order valence-corrected chi connectivity index (χ2v) is 7.79. The van der Waals surface area contributed by atoms with Crippen LogP contribution in [0.1, 0.15) is 42.1 Å². The summed E-state index contributed by atoms with van der Waals surface area (Å²) in [6, 6.07) is 2.60. The monoisotopic (exact) mass is 389 g/mol. The van der Waals surface area contributed by atoms with E-state index in [2.05, 4.69) is 15.3 Å². The standard InChI is InChI=1S/C16H15ClF3N3OS/c1-9(14-22-8-12(17)25-14)23-13(24)6-10-2-3-11(21-7-10)15(4-5-15)16(18,19)20/h2-3,7-9H,4-6H2,1H3,(H,23,24).